The molecule has 126 valence electrons. The molecule has 1 aromatic carbocycles. The van der Waals surface area contributed by atoms with E-state index in [1.54, 1.807) is 0 Å². The summed E-state index contributed by atoms with van der Waals surface area (Å²) in [5.41, 5.74) is 2.77. The summed E-state index contributed by atoms with van der Waals surface area (Å²) in [7, 11) is 0. The van der Waals surface area contributed by atoms with E-state index in [1.165, 1.54) is 12.8 Å². The van der Waals surface area contributed by atoms with Crippen LogP contribution in [0.4, 0.5) is 0 Å². The number of phenolic OH excluding ortho intramolecular Hbond substituents is 2. The Balaban J connectivity index is 2.31. The van der Waals surface area contributed by atoms with Gasteiger partial charge in [-0.1, -0.05) is 51.0 Å². The Hall–Kier alpha value is -1.70. The highest BCUT2D eigenvalue weighted by Crippen LogP contribution is 2.46. The van der Waals surface area contributed by atoms with Gasteiger partial charge in [-0.05, 0) is 55.7 Å². The van der Waals surface area contributed by atoms with Crippen LogP contribution in [0.25, 0.3) is 0 Å². The molecule has 0 aliphatic heterocycles. The Bertz CT molecular complexity index is 562. The van der Waals surface area contributed by atoms with Crippen LogP contribution in [0.1, 0.15) is 63.5 Å². The van der Waals surface area contributed by atoms with Crippen LogP contribution < -0.4 is 0 Å². The van der Waals surface area contributed by atoms with Crippen molar-refractivity contribution in [1.29, 1.82) is 0 Å². The third-order valence-electron chi connectivity index (χ3n) is 4.94. The predicted molar refractivity (Wildman–Crippen MR) is 97.0 cm³/mol. The number of hydrogen-bond acceptors (Lipinski definition) is 2. The quantitative estimate of drug-likeness (QED) is 0.522. The molecule has 1 aliphatic rings. The second kappa shape index (κ2) is 7.72. The monoisotopic (exact) mass is 314 g/mol. The Morgan fingerprint density at radius 3 is 2.39 bits per heavy atom. The first-order valence-corrected chi connectivity index (χ1v) is 8.82. The fourth-order valence-corrected chi connectivity index (χ4v) is 3.62. The van der Waals surface area contributed by atoms with Crippen LogP contribution in [0.3, 0.4) is 0 Å². The van der Waals surface area contributed by atoms with E-state index in [0.717, 1.165) is 30.4 Å². The van der Waals surface area contributed by atoms with Gasteiger partial charge in [0.05, 0.1) is 0 Å². The minimum Gasteiger partial charge on any atom is -0.507 e. The summed E-state index contributed by atoms with van der Waals surface area (Å²) >= 11 is 0. The van der Waals surface area contributed by atoms with Crippen LogP contribution in [0.2, 0.25) is 0 Å². The summed E-state index contributed by atoms with van der Waals surface area (Å²) in [6.07, 6.45) is 9.64. The molecule has 2 rings (SSSR count). The van der Waals surface area contributed by atoms with Crippen molar-refractivity contribution in [3.63, 3.8) is 0 Å². The van der Waals surface area contributed by atoms with Gasteiger partial charge in [0.25, 0.3) is 0 Å². The second-order valence-corrected chi connectivity index (χ2v) is 7.08. The lowest BCUT2D eigenvalue weighted by Gasteiger charge is -2.32. The molecule has 1 unspecified atom stereocenters. The number of rotatable bonds is 6. The van der Waals surface area contributed by atoms with E-state index in [4.69, 9.17) is 0 Å². The molecule has 2 nitrogen and oxygen atoms in total. The van der Waals surface area contributed by atoms with Crippen molar-refractivity contribution in [1.82, 2.24) is 0 Å². The van der Waals surface area contributed by atoms with Gasteiger partial charge in [-0.25, -0.2) is 0 Å². The maximum Gasteiger partial charge on any atom is 0.123 e. The van der Waals surface area contributed by atoms with Crippen LogP contribution >= 0.6 is 0 Å². The van der Waals surface area contributed by atoms with E-state index in [1.807, 2.05) is 19.1 Å². The molecule has 0 spiro atoms. The highest BCUT2D eigenvalue weighted by molar-refractivity contribution is 5.51. The summed E-state index contributed by atoms with van der Waals surface area (Å²) in [5.74, 6) is 1.20. The highest BCUT2D eigenvalue weighted by atomic mass is 16.3. The zero-order valence-corrected chi connectivity index (χ0v) is 14.7. The molecule has 0 heterocycles. The molecule has 2 heteroatoms. The fraction of sp³-hybridized carbons (Fsp3) is 0.524. The lowest BCUT2D eigenvalue weighted by atomic mass is 9.73. The first-order chi connectivity index (χ1) is 10.9. The molecule has 0 fully saturated rings. The van der Waals surface area contributed by atoms with Crippen molar-refractivity contribution >= 4 is 0 Å². The molecule has 1 aliphatic carbocycles. The molecule has 0 amide bonds. The molecule has 2 N–H and O–H groups in total. The van der Waals surface area contributed by atoms with Crippen LogP contribution in [0.15, 0.2) is 36.4 Å². The molecule has 3 atom stereocenters. The normalized spacial score (nSPS) is 23.9. The van der Waals surface area contributed by atoms with E-state index < -0.39 is 0 Å². The van der Waals surface area contributed by atoms with Crippen LogP contribution in [0.5, 0.6) is 11.5 Å². The topological polar surface area (TPSA) is 40.5 Å². The summed E-state index contributed by atoms with van der Waals surface area (Å²) in [4.78, 5) is 0. The average molecular weight is 314 g/mol. The van der Waals surface area contributed by atoms with Crippen molar-refractivity contribution in [2.24, 2.45) is 11.8 Å². The Morgan fingerprint density at radius 2 is 1.83 bits per heavy atom. The maximum atomic E-state index is 10.5. The fourth-order valence-electron chi connectivity index (χ4n) is 3.62. The lowest BCUT2D eigenvalue weighted by Crippen LogP contribution is -2.19. The lowest BCUT2D eigenvalue weighted by molar-refractivity contribution is 0.388. The molecule has 23 heavy (non-hydrogen) atoms. The molecule has 0 aromatic heterocycles. The van der Waals surface area contributed by atoms with Gasteiger partial charge in [-0.2, -0.15) is 0 Å². The van der Waals surface area contributed by atoms with E-state index >= 15 is 0 Å². The van der Waals surface area contributed by atoms with Crippen molar-refractivity contribution < 1.29 is 10.2 Å². The van der Waals surface area contributed by atoms with Gasteiger partial charge in [0.1, 0.15) is 11.5 Å². The minimum atomic E-state index is 0.00777. The molecular formula is C21H30O2. The van der Waals surface area contributed by atoms with Crippen LogP contribution in [-0.4, -0.2) is 10.2 Å². The minimum absolute atomic E-state index is 0.00777. The van der Waals surface area contributed by atoms with Crippen molar-refractivity contribution in [3.05, 3.63) is 47.6 Å². The van der Waals surface area contributed by atoms with Gasteiger partial charge in [0.2, 0.25) is 0 Å². The first-order valence-electron chi connectivity index (χ1n) is 8.82. The third-order valence-corrected chi connectivity index (χ3v) is 4.94. The SMILES string of the molecule is C=C(C)C1C[C@@H](C)C=C[C@@H]1c1c(O)cc(CCCCC)cc1O. The zero-order valence-electron chi connectivity index (χ0n) is 14.7. The molecule has 1 aromatic rings. The molecule has 0 bridgehead atoms. The largest absolute Gasteiger partial charge is 0.507 e. The van der Waals surface area contributed by atoms with Gasteiger partial charge >= 0.3 is 0 Å². The van der Waals surface area contributed by atoms with Gasteiger partial charge in [-0.15, -0.1) is 0 Å². The Labute approximate surface area is 140 Å². The zero-order chi connectivity index (χ0) is 17.0. The predicted octanol–water partition coefficient (Wildman–Crippen LogP) is 5.70. The van der Waals surface area contributed by atoms with Gasteiger partial charge < -0.3 is 10.2 Å². The van der Waals surface area contributed by atoms with E-state index in [2.05, 4.69) is 32.6 Å². The van der Waals surface area contributed by atoms with Gasteiger partial charge in [0.15, 0.2) is 0 Å². The Kier molecular flexibility index (Phi) is 5.92. The van der Waals surface area contributed by atoms with Crippen LogP contribution in [-0.2, 0) is 6.42 Å². The number of aryl methyl sites for hydroxylation is 1. The third kappa shape index (κ3) is 4.19. The first kappa shape index (κ1) is 17.7. The highest BCUT2D eigenvalue weighted by Gasteiger charge is 2.30. The number of unbranched alkanes of at least 4 members (excludes halogenated alkanes) is 2. The van der Waals surface area contributed by atoms with Crippen molar-refractivity contribution in [2.75, 3.05) is 0 Å². The number of hydrogen-bond donors (Lipinski definition) is 2. The van der Waals surface area contributed by atoms with Crippen LogP contribution in [0, 0.1) is 11.8 Å². The van der Waals surface area contributed by atoms with Crippen molar-refractivity contribution in [2.45, 2.75) is 58.8 Å². The van der Waals surface area contributed by atoms with E-state index in [9.17, 15) is 10.2 Å². The summed E-state index contributed by atoms with van der Waals surface area (Å²) in [5, 5.41) is 21.0. The number of phenols is 2. The summed E-state index contributed by atoms with van der Waals surface area (Å²) in [6, 6.07) is 3.65. The molecule has 0 saturated carbocycles. The summed E-state index contributed by atoms with van der Waals surface area (Å²) < 4.78 is 0. The molecule has 0 saturated heterocycles. The van der Waals surface area contributed by atoms with E-state index in [-0.39, 0.29) is 23.3 Å². The smallest absolute Gasteiger partial charge is 0.123 e. The second-order valence-electron chi connectivity index (χ2n) is 7.08. The Morgan fingerprint density at radius 1 is 1.17 bits per heavy atom. The maximum absolute atomic E-state index is 10.5. The number of aromatic hydroxyl groups is 2. The van der Waals surface area contributed by atoms with Gasteiger partial charge in [-0.3, -0.25) is 0 Å². The molecule has 0 radical (unpaired) electrons. The number of allylic oxidation sites excluding steroid dienone is 3. The number of benzene rings is 1. The van der Waals surface area contributed by atoms with Gasteiger partial charge in [0, 0.05) is 11.5 Å². The van der Waals surface area contributed by atoms with E-state index in [0.29, 0.717) is 11.5 Å². The standard InChI is InChI=1S/C21H30O2/c1-5-6-7-8-16-12-19(22)21(20(23)13-16)17-10-9-15(4)11-18(17)14(2)3/h9-10,12-13,15,17-18,22-23H,2,5-8,11H2,1,3-4H3/t15-,17-,18?/m0/s1. The molecular weight excluding hydrogens is 284 g/mol. The summed E-state index contributed by atoms with van der Waals surface area (Å²) in [6.45, 7) is 10.5. The average Bonchev–Trinajstić information content (AvgIpc) is 2.48. The van der Waals surface area contributed by atoms with Crippen molar-refractivity contribution in [3.8, 4) is 11.5 Å².